The normalized spacial score (nSPS) is 54.1. The summed E-state index contributed by atoms with van der Waals surface area (Å²) in [6, 6.07) is 1.10. The molecule has 18 nitrogen and oxygen atoms in total. The predicted molar refractivity (Wildman–Crippen MR) is 550 cm³/mol. The van der Waals surface area contributed by atoms with Crippen LogP contribution in [0.1, 0.15) is 373 Å². The van der Waals surface area contributed by atoms with Gasteiger partial charge in [0.1, 0.15) is 5.83 Å². The highest BCUT2D eigenvalue weighted by atomic mass is 19.1. The number of allylic oxidation sites excluding steroid dienone is 9. The second kappa shape index (κ2) is 39.3. The number of rotatable bonds is 2. The summed E-state index contributed by atoms with van der Waals surface area (Å²) in [6.07, 6.45) is 42.9. The minimum Gasteiger partial charge on any atom is -0.390 e. The Hall–Kier alpha value is -2.61. The zero-order valence-corrected chi connectivity index (χ0v) is 88.3. The minimum atomic E-state index is -0.733. The second-order valence-electron chi connectivity index (χ2n) is 55.1. The molecule has 0 aromatic heterocycles. The first-order chi connectivity index (χ1) is 65.8. The van der Waals surface area contributed by atoms with Gasteiger partial charge in [-0.05, 0) is 463 Å². The van der Waals surface area contributed by atoms with E-state index in [9.17, 15) is 65.7 Å². The van der Waals surface area contributed by atoms with Gasteiger partial charge in [0.05, 0.1) is 73.2 Å². The van der Waals surface area contributed by atoms with Gasteiger partial charge in [-0.15, -0.1) is 0 Å². The van der Waals surface area contributed by atoms with Crippen molar-refractivity contribution >= 4 is 0 Å². The van der Waals surface area contributed by atoms with E-state index in [-0.39, 0.29) is 151 Å². The average Bonchev–Trinajstić information content (AvgIpc) is 1.71. The molecule has 16 saturated carbocycles. The largest absolute Gasteiger partial charge is 0.390 e. The summed E-state index contributed by atoms with van der Waals surface area (Å²) in [6.45, 7) is 33.9. The highest BCUT2D eigenvalue weighted by Gasteiger charge is 2.69. The Morgan fingerprint density at radius 1 is 0.324 bits per heavy atom. The maximum atomic E-state index is 13.9. The molecule has 784 valence electrons. The molecular weight excluding hydrogens is 1740 g/mol. The summed E-state index contributed by atoms with van der Waals surface area (Å²) in [5, 5.41) is 131. The van der Waals surface area contributed by atoms with Crippen LogP contribution in [0.5, 0.6) is 0 Å². The molecule has 16 fully saturated rings. The number of hydrogen-bond acceptors (Lipinski definition) is 18. The summed E-state index contributed by atoms with van der Waals surface area (Å²) in [7, 11) is 0. The maximum absolute atomic E-state index is 13.9. The van der Waals surface area contributed by atoms with Crippen molar-refractivity contribution in [1.82, 2.24) is 0 Å². The quantitative estimate of drug-likeness (QED) is 0.114. The van der Waals surface area contributed by atoms with Gasteiger partial charge < -0.3 is 95.7 Å². The lowest BCUT2D eigenvalue weighted by Crippen LogP contribution is -2.63. The number of halogens is 1. The zero-order chi connectivity index (χ0) is 99.4. The van der Waals surface area contributed by atoms with Crippen LogP contribution in [-0.2, 0) is 0 Å². The third-order valence-electron chi connectivity index (χ3n) is 49.3. The van der Waals surface area contributed by atoms with Crippen LogP contribution in [0.3, 0.4) is 0 Å². The maximum Gasteiger partial charge on any atom is 0.100 e. The molecule has 0 amide bonds. The van der Waals surface area contributed by atoms with Gasteiger partial charge in [0.2, 0.25) is 0 Å². The molecule has 0 heterocycles. The smallest absolute Gasteiger partial charge is 0.100 e. The van der Waals surface area contributed by atoms with Gasteiger partial charge in [0.15, 0.2) is 0 Å². The highest BCUT2D eigenvalue weighted by molar-refractivity contribution is 5.47. The average molecular weight is 1930 g/mol. The number of aliphatic hydroxyl groups excluding tert-OH is 12. The van der Waals surface area contributed by atoms with Crippen molar-refractivity contribution in [1.29, 1.82) is 0 Å². The lowest BCUT2D eigenvalue weighted by Gasteiger charge is -2.61. The van der Waals surface area contributed by atoms with E-state index in [0.717, 1.165) is 190 Å². The highest BCUT2D eigenvalue weighted by Crippen LogP contribution is 2.72. The van der Waals surface area contributed by atoms with Crippen LogP contribution in [-0.4, -0.2) is 171 Å². The molecule has 19 heteroatoms. The van der Waals surface area contributed by atoms with Crippen LogP contribution < -0.4 is 34.4 Å². The molecule has 0 saturated heterocycles. The Balaban J connectivity index is 0.000000106. The Labute approximate surface area is 836 Å². The summed E-state index contributed by atoms with van der Waals surface area (Å²) < 4.78 is 13.9. The van der Waals surface area contributed by atoms with E-state index in [4.69, 9.17) is 34.4 Å². The molecule has 0 spiro atoms. The van der Waals surface area contributed by atoms with Gasteiger partial charge in [0.25, 0.3) is 0 Å². The van der Waals surface area contributed by atoms with Gasteiger partial charge >= 0.3 is 0 Å². The summed E-state index contributed by atoms with van der Waals surface area (Å²) in [5.74, 6) is 8.20. The van der Waals surface area contributed by atoms with Crippen molar-refractivity contribution in [2.24, 2.45) is 214 Å². The topological polar surface area (TPSA) is 399 Å². The van der Waals surface area contributed by atoms with Crippen molar-refractivity contribution in [3.8, 4) is 0 Å². The molecule has 139 heavy (non-hydrogen) atoms. The van der Waals surface area contributed by atoms with E-state index in [1.807, 2.05) is 0 Å². The summed E-state index contributed by atoms with van der Waals surface area (Å²) in [4.78, 5) is 0. The molecule has 0 aromatic carbocycles. The van der Waals surface area contributed by atoms with Crippen molar-refractivity contribution in [2.75, 3.05) is 0 Å². The first-order valence-corrected chi connectivity index (χ1v) is 58.1. The minimum absolute atomic E-state index is 0.00354. The Morgan fingerprint density at radius 3 is 1.08 bits per heavy atom. The fraction of sp³-hybridized carbons (Fsp3) is 0.883. The number of fused-ring (bicyclic) bond motifs is 26. The Kier molecular flexibility index (Phi) is 29.7. The summed E-state index contributed by atoms with van der Waals surface area (Å²) in [5.41, 5.74) is 54.3. The van der Waals surface area contributed by atoms with E-state index in [2.05, 4.69) is 95.7 Å². The third kappa shape index (κ3) is 17.2. The SMILES string of the molecule is C/C(F)=C1/CCC2=C1CCC1C2[C@@H](O)[C@H](O)C2C[C@H](N)CC[C@]12C.C/C=C1/CCC2C1CCC1C2[C@@H](O)[C@H](O)C2C[C@@H](N)CC[C@]12C.C=C1CCC2C1CCC1C2[C@@H](O)[C@H](O)C2C[C@@H](N)CC[C@]12C.CC1(C)CCC2=C1CCC1C2[C@@H](O)[C@H](O)C2C[C@@H](N)CC[C@]12C.CC[C@H]1CCC2=C1CCC1C2[C@@H](O)[C@H](O)C2C[C@H](N)CC[C@]12C.CC[C@]1(C)CCC2=C1CCC1C2[C@@H](O)[C@H](O)C2C[C@@H](N)CC[C@]12C. The summed E-state index contributed by atoms with van der Waals surface area (Å²) >= 11 is 0. The van der Waals surface area contributed by atoms with Crippen LogP contribution in [0.15, 0.2) is 79.8 Å². The van der Waals surface area contributed by atoms with E-state index in [1.165, 1.54) is 137 Å². The van der Waals surface area contributed by atoms with Crippen molar-refractivity contribution in [3.63, 3.8) is 0 Å². The lowest BCUT2D eigenvalue weighted by molar-refractivity contribution is -0.203. The van der Waals surface area contributed by atoms with E-state index in [0.29, 0.717) is 64.6 Å². The lowest BCUT2D eigenvalue weighted by atomic mass is 9.45. The van der Waals surface area contributed by atoms with Crippen molar-refractivity contribution in [2.45, 2.75) is 482 Å². The van der Waals surface area contributed by atoms with Gasteiger partial charge in [-0.25, -0.2) is 4.39 Å². The van der Waals surface area contributed by atoms with Crippen LogP contribution in [0, 0.1) is 179 Å². The molecule has 24 aliphatic carbocycles. The Morgan fingerprint density at radius 2 is 0.669 bits per heavy atom. The molecule has 22 unspecified atom stereocenters. The molecule has 24 N–H and O–H groups in total. The zero-order valence-electron chi connectivity index (χ0n) is 88.3. The van der Waals surface area contributed by atoms with E-state index < -0.39 is 73.2 Å². The van der Waals surface area contributed by atoms with Crippen molar-refractivity contribution in [3.05, 3.63) is 79.8 Å². The number of nitrogens with two attached hydrogens (primary N) is 6. The molecule has 48 atom stereocenters. The molecule has 0 aromatic rings. The predicted octanol–water partition coefficient (Wildman–Crippen LogP) is 17.9. The molecule has 0 bridgehead atoms. The molecule has 24 rings (SSSR count). The Bertz CT molecular complexity index is 4670. The fourth-order valence-electron chi connectivity index (χ4n) is 41.3. The first kappa shape index (κ1) is 105. The van der Waals surface area contributed by atoms with Crippen molar-refractivity contribution < 1.29 is 65.7 Å². The third-order valence-corrected chi connectivity index (χ3v) is 49.3. The molecule has 24 aliphatic rings. The molecular formula is C120H195FN6O12. The van der Waals surface area contributed by atoms with Crippen LogP contribution in [0.25, 0.3) is 0 Å². The number of hydrogen-bond donors (Lipinski definition) is 18. The molecule has 0 aliphatic heterocycles. The van der Waals surface area contributed by atoms with Gasteiger partial charge in [-0.3, -0.25) is 0 Å². The van der Waals surface area contributed by atoms with Crippen LogP contribution in [0.2, 0.25) is 0 Å². The van der Waals surface area contributed by atoms with Crippen LogP contribution in [0.4, 0.5) is 4.39 Å². The monoisotopic (exact) mass is 1930 g/mol. The number of aliphatic hydroxyl groups is 12. The van der Waals surface area contributed by atoms with Gasteiger partial charge in [-0.2, -0.15) is 0 Å². The first-order valence-electron chi connectivity index (χ1n) is 58.1. The second-order valence-corrected chi connectivity index (χ2v) is 55.1. The van der Waals surface area contributed by atoms with E-state index in [1.54, 1.807) is 29.2 Å². The van der Waals surface area contributed by atoms with E-state index >= 15 is 0 Å². The van der Waals surface area contributed by atoms with Gasteiger partial charge in [0, 0.05) is 59.9 Å². The van der Waals surface area contributed by atoms with Crippen LogP contribution >= 0.6 is 0 Å². The standard InChI is InChI=1S/C21H35NO2.C20H30FNO2.3C20H33NO2.C19H31NO2/c1-4-20(2)9-8-13-14(20)5-6-15-17(13)19(24)18(23)16-11-12(22)7-10-21(15,16)3;1-10(21)12-3-4-14-13(12)5-6-15-17(14)19(24)18(23)16-9-11(22)7-8-20(15,16)2;1-19(2)8-7-12-13(19)4-5-14-16(12)18(23)17(22)15-10-11(21)6-9-20(14,15)3;2*1-3-11-4-5-14-13(11)6-7-15-17(14)19(23)18(22)16-10-12(21)8-9-20(15,16)2;1-10-3-4-13-12(10)5-6-14-16(13)18(22)17(21)15-9-11(20)7-8-19(14,15)2/h12,15-19,23-24H,4-11,22H2,1-3H3;11,15-19,23-24H,3-9,22H2,1-2H3;11,14-18,22-23H,4-10,21H2,1-3H3;11-12,15-19,22-23H,3-10,21H2,1-2H3;3,12-19,22-23H,4-10,21H2,1-2H3;11-18,21-22H,1,3-9,20H2,2H3/b;12-10+;;;11-3-;/t12-,15?,16?,17?,18+,19+,20+,21+;11-,15?,16?,17?,18-,19-,20-;11-,14?,15?,16?,17+,18+,20+;11-,12+,15?,16?,17?,18+,19+,20+;12-,13?,14?,15?,16?,17?,18+,19+,20+;11-,12?,13?,14?,15?,16?,17+,18+,19+/m010000/s1. The molecule has 0 radical (unpaired) electrons. The fourth-order valence-corrected chi connectivity index (χ4v) is 41.3. The van der Waals surface area contributed by atoms with Gasteiger partial charge in [-0.1, -0.05) is 139 Å².